The van der Waals surface area contributed by atoms with Crippen molar-refractivity contribution >= 4 is 0 Å². The topological polar surface area (TPSA) is 71.8 Å². The fourth-order valence-corrected chi connectivity index (χ4v) is 1.76. The van der Waals surface area contributed by atoms with Crippen molar-refractivity contribution in [1.29, 1.82) is 0 Å². The predicted molar refractivity (Wildman–Crippen MR) is 69.6 cm³/mol. The first-order valence-electron chi connectivity index (χ1n) is 5.87. The van der Waals surface area contributed by atoms with E-state index in [0.717, 1.165) is 11.1 Å². The van der Waals surface area contributed by atoms with E-state index in [0.29, 0.717) is 18.1 Å². The molecule has 19 heavy (non-hydrogen) atoms. The number of pyridine rings is 1. The van der Waals surface area contributed by atoms with Gasteiger partial charge in [-0.15, -0.1) is 0 Å². The molecule has 0 fully saturated rings. The molecule has 0 radical (unpaired) electrons. The maximum atomic E-state index is 11.0. The normalized spacial score (nSPS) is 10.5. The third-order valence-electron chi connectivity index (χ3n) is 2.71. The lowest BCUT2D eigenvalue weighted by Gasteiger charge is -1.94. The van der Waals surface area contributed by atoms with Crippen molar-refractivity contribution in [2.45, 2.75) is 6.42 Å². The molecule has 0 aliphatic carbocycles. The van der Waals surface area contributed by atoms with Crippen LogP contribution in [0, 0.1) is 0 Å². The first-order chi connectivity index (χ1) is 9.31. The number of hydrogen-bond acceptors (Lipinski definition) is 4. The van der Waals surface area contributed by atoms with Crippen LogP contribution >= 0.6 is 0 Å². The zero-order chi connectivity index (χ0) is 13.1. The molecule has 5 nitrogen and oxygen atoms in total. The van der Waals surface area contributed by atoms with Gasteiger partial charge in [0.2, 0.25) is 17.3 Å². The molecule has 3 aromatic rings. The average Bonchev–Trinajstić information content (AvgIpc) is 2.89. The lowest BCUT2D eigenvalue weighted by atomic mass is 10.1. The maximum Gasteiger partial charge on any atom is 0.247 e. The summed E-state index contributed by atoms with van der Waals surface area (Å²) >= 11 is 0. The van der Waals surface area contributed by atoms with Gasteiger partial charge >= 0.3 is 0 Å². The molecular weight excluding hydrogens is 242 g/mol. The van der Waals surface area contributed by atoms with Gasteiger partial charge in [-0.05, 0) is 11.6 Å². The number of H-pyrrole nitrogens is 1. The van der Waals surface area contributed by atoms with E-state index in [2.05, 4.69) is 15.1 Å². The van der Waals surface area contributed by atoms with Crippen LogP contribution in [0.25, 0.3) is 11.4 Å². The Kier molecular flexibility index (Phi) is 2.94. The molecule has 0 aliphatic rings. The number of rotatable bonds is 3. The highest BCUT2D eigenvalue weighted by molar-refractivity contribution is 5.51. The molecule has 0 spiro atoms. The Bertz CT molecular complexity index is 711. The van der Waals surface area contributed by atoms with Crippen molar-refractivity contribution in [3.8, 4) is 11.4 Å². The second kappa shape index (κ2) is 4.89. The highest BCUT2D eigenvalue weighted by atomic mass is 16.5. The molecule has 3 rings (SSSR count). The van der Waals surface area contributed by atoms with Crippen LogP contribution in [0.1, 0.15) is 11.5 Å². The van der Waals surface area contributed by atoms with E-state index in [4.69, 9.17) is 4.52 Å². The molecule has 0 saturated carbocycles. The lowest BCUT2D eigenvalue weighted by molar-refractivity contribution is 0.385. The van der Waals surface area contributed by atoms with Crippen LogP contribution in [0.2, 0.25) is 0 Å². The third-order valence-corrected chi connectivity index (χ3v) is 2.71. The van der Waals surface area contributed by atoms with Gasteiger partial charge in [0.05, 0.1) is 6.42 Å². The standard InChI is InChI=1S/C14H11N3O2/c18-12-7-6-11(9-15-12)14-16-13(19-17-14)8-10-4-2-1-3-5-10/h1-7,9H,8H2,(H,15,18). The summed E-state index contributed by atoms with van der Waals surface area (Å²) in [5.41, 5.74) is 1.68. The van der Waals surface area contributed by atoms with Crippen molar-refractivity contribution in [3.05, 3.63) is 70.5 Å². The van der Waals surface area contributed by atoms with Gasteiger partial charge in [0.25, 0.3) is 0 Å². The van der Waals surface area contributed by atoms with Crippen LogP contribution < -0.4 is 5.56 Å². The number of hydrogen-bond donors (Lipinski definition) is 1. The van der Waals surface area contributed by atoms with Crippen LogP contribution in [0.4, 0.5) is 0 Å². The molecule has 94 valence electrons. The summed E-state index contributed by atoms with van der Waals surface area (Å²) in [5.74, 6) is 1.02. The Morgan fingerprint density at radius 2 is 1.95 bits per heavy atom. The first-order valence-corrected chi connectivity index (χ1v) is 5.87. The van der Waals surface area contributed by atoms with E-state index < -0.39 is 0 Å². The van der Waals surface area contributed by atoms with Crippen molar-refractivity contribution < 1.29 is 4.52 Å². The van der Waals surface area contributed by atoms with Crippen molar-refractivity contribution in [2.75, 3.05) is 0 Å². The molecule has 2 aromatic heterocycles. The van der Waals surface area contributed by atoms with Gasteiger partial charge in [-0.3, -0.25) is 4.79 Å². The highest BCUT2D eigenvalue weighted by Crippen LogP contribution is 2.14. The number of benzene rings is 1. The van der Waals surface area contributed by atoms with Gasteiger partial charge in [-0.2, -0.15) is 4.98 Å². The summed E-state index contributed by atoms with van der Waals surface area (Å²) in [7, 11) is 0. The second-order valence-corrected chi connectivity index (χ2v) is 4.12. The summed E-state index contributed by atoms with van der Waals surface area (Å²) in [6.07, 6.45) is 2.16. The van der Waals surface area contributed by atoms with E-state index in [-0.39, 0.29) is 5.56 Å². The van der Waals surface area contributed by atoms with E-state index >= 15 is 0 Å². The van der Waals surface area contributed by atoms with Crippen molar-refractivity contribution in [3.63, 3.8) is 0 Å². The van der Waals surface area contributed by atoms with Crippen molar-refractivity contribution in [1.82, 2.24) is 15.1 Å². The summed E-state index contributed by atoms with van der Waals surface area (Å²) in [5, 5.41) is 3.90. The Labute approximate surface area is 108 Å². The zero-order valence-corrected chi connectivity index (χ0v) is 10.0. The molecule has 0 aliphatic heterocycles. The molecule has 1 aromatic carbocycles. The summed E-state index contributed by atoms with van der Waals surface area (Å²) in [6.45, 7) is 0. The molecule has 0 atom stereocenters. The average molecular weight is 253 g/mol. The van der Waals surface area contributed by atoms with Crippen LogP contribution in [-0.2, 0) is 6.42 Å². The smallest absolute Gasteiger partial charge is 0.247 e. The van der Waals surface area contributed by atoms with E-state index in [9.17, 15) is 4.79 Å². The summed E-state index contributed by atoms with van der Waals surface area (Å²) < 4.78 is 5.20. The quantitative estimate of drug-likeness (QED) is 0.775. The molecule has 0 saturated heterocycles. The lowest BCUT2D eigenvalue weighted by Crippen LogP contribution is -2.01. The molecule has 2 heterocycles. The van der Waals surface area contributed by atoms with E-state index in [1.165, 1.54) is 6.07 Å². The van der Waals surface area contributed by atoms with Gasteiger partial charge in [-0.25, -0.2) is 0 Å². The Balaban J connectivity index is 1.83. The van der Waals surface area contributed by atoms with Gasteiger partial charge in [0.15, 0.2) is 0 Å². The molecule has 0 unspecified atom stereocenters. The Hall–Kier alpha value is -2.69. The fourth-order valence-electron chi connectivity index (χ4n) is 1.76. The minimum atomic E-state index is -0.156. The van der Waals surface area contributed by atoms with Gasteiger partial charge < -0.3 is 9.51 Å². The van der Waals surface area contributed by atoms with E-state index in [1.807, 2.05) is 30.3 Å². The molecular formula is C14H11N3O2. The van der Waals surface area contributed by atoms with Crippen LogP contribution in [0.5, 0.6) is 0 Å². The van der Waals surface area contributed by atoms with Crippen LogP contribution in [0.15, 0.2) is 58.0 Å². The fraction of sp³-hybridized carbons (Fsp3) is 0.0714. The first kappa shape index (κ1) is 11.4. The third kappa shape index (κ3) is 2.60. The predicted octanol–water partition coefficient (Wildman–Crippen LogP) is 2.02. The Morgan fingerprint density at radius 3 is 2.68 bits per heavy atom. The minimum Gasteiger partial charge on any atom is -0.339 e. The summed E-state index contributed by atoms with van der Waals surface area (Å²) in [6, 6.07) is 13.0. The van der Waals surface area contributed by atoms with Crippen LogP contribution in [-0.4, -0.2) is 15.1 Å². The van der Waals surface area contributed by atoms with Gasteiger partial charge in [-0.1, -0.05) is 35.5 Å². The Morgan fingerprint density at radius 1 is 1.11 bits per heavy atom. The van der Waals surface area contributed by atoms with Gasteiger partial charge in [0.1, 0.15) is 0 Å². The van der Waals surface area contributed by atoms with Crippen molar-refractivity contribution in [2.24, 2.45) is 0 Å². The van der Waals surface area contributed by atoms with E-state index in [1.54, 1.807) is 12.3 Å². The van der Waals surface area contributed by atoms with Crippen LogP contribution in [0.3, 0.4) is 0 Å². The number of nitrogens with zero attached hydrogens (tertiary/aromatic N) is 2. The zero-order valence-electron chi connectivity index (χ0n) is 10.0. The maximum absolute atomic E-state index is 11.0. The molecule has 1 N–H and O–H groups in total. The van der Waals surface area contributed by atoms with Gasteiger partial charge in [0, 0.05) is 17.8 Å². The summed E-state index contributed by atoms with van der Waals surface area (Å²) in [4.78, 5) is 17.9. The largest absolute Gasteiger partial charge is 0.339 e. The highest BCUT2D eigenvalue weighted by Gasteiger charge is 2.08. The number of aromatic nitrogens is 3. The number of aromatic amines is 1. The second-order valence-electron chi connectivity index (χ2n) is 4.12. The SMILES string of the molecule is O=c1ccc(-c2noc(Cc3ccccc3)n2)c[nH]1. The number of nitrogens with one attached hydrogen (secondary N) is 1. The molecule has 0 amide bonds. The minimum absolute atomic E-state index is 0.156. The molecule has 0 bridgehead atoms. The molecule has 5 heteroatoms. The monoisotopic (exact) mass is 253 g/mol.